The van der Waals surface area contributed by atoms with Gasteiger partial charge in [0.05, 0.1) is 12.4 Å². The Morgan fingerprint density at radius 2 is 1.96 bits per heavy atom. The fourth-order valence-electron chi connectivity index (χ4n) is 3.68. The van der Waals surface area contributed by atoms with Crippen molar-refractivity contribution in [2.45, 2.75) is 32.4 Å². The summed E-state index contributed by atoms with van der Waals surface area (Å²) in [6.45, 7) is 5.98. The number of hydrogen-bond donors (Lipinski definition) is 1. The zero-order valence-corrected chi connectivity index (χ0v) is 16.0. The summed E-state index contributed by atoms with van der Waals surface area (Å²) in [5.41, 5.74) is 2.53. The molecule has 7 nitrogen and oxygen atoms in total. The first-order valence-electron chi connectivity index (χ1n) is 9.12. The second kappa shape index (κ2) is 7.14. The van der Waals surface area contributed by atoms with Gasteiger partial charge in [0.25, 0.3) is 0 Å². The van der Waals surface area contributed by atoms with Crippen LogP contribution < -0.4 is 10.2 Å². The highest BCUT2D eigenvalue weighted by atomic mass is 35.5. The normalized spacial score (nSPS) is 20.4. The van der Waals surface area contributed by atoms with E-state index in [9.17, 15) is 5.26 Å². The molecular weight excluding hydrogens is 362 g/mol. The molecule has 2 bridgehead atoms. The molecule has 3 aliphatic heterocycles. The lowest BCUT2D eigenvalue weighted by Crippen LogP contribution is -2.67. The average Bonchev–Trinajstić information content (AvgIpc) is 3.11. The maximum atomic E-state index is 9.32. The van der Waals surface area contributed by atoms with Gasteiger partial charge >= 0.3 is 0 Å². The van der Waals surface area contributed by atoms with E-state index in [1.54, 1.807) is 16.9 Å². The average molecular weight is 382 g/mol. The molecule has 0 amide bonds. The molecule has 6 heterocycles. The topological polar surface area (TPSA) is 82.1 Å². The van der Waals surface area contributed by atoms with E-state index < -0.39 is 0 Å². The summed E-state index contributed by atoms with van der Waals surface area (Å²) >= 11 is 6.11. The van der Waals surface area contributed by atoms with Crippen molar-refractivity contribution in [3.05, 3.63) is 41.4 Å². The van der Waals surface area contributed by atoms with Gasteiger partial charge in [0, 0.05) is 36.9 Å². The summed E-state index contributed by atoms with van der Waals surface area (Å²) in [7, 11) is 0. The molecule has 1 N–H and O–H groups in total. The molecule has 0 radical (unpaired) electrons. The minimum atomic E-state index is 0.321. The van der Waals surface area contributed by atoms with Crippen molar-refractivity contribution in [3.63, 3.8) is 0 Å². The molecule has 3 aromatic rings. The van der Waals surface area contributed by atoms with E-state index in [1.165, 1.54) is 12.6 Å². The van der Waals surface area contributed by atoms with Crippen LogP contribution in [0.3, 0.4) is 0 Å². The second-order valence-corrected chi connectivity index (χ2v) is 6.87. The second-order valence-electron chi connectivity index (χ2n) is 6.48. The lowest BCUT2D eigenvalue weighted by molar-refractivity contribution is 0.225. The van der Waals surface area contributed by atoms with Crippen molar-refractivity contribution in [3.8, 4) is 17.3 Å². The number of halogens is 1. The van der Waals surface area contributed by atoms with Crippen LogP contribution in [0.1, 0.15) is 25.8 Å². The molecule has 0 aliphatic carbocycles. The van der Waals surface area contributed by atoms with Gasteiger partial charge in [-0.05, 0) is 18.6 Å². The Bertz CT molecular complexity index is 989. The van der Waals surface area contributed by atoms with Gasteiger partial charge in [0.15, 0.2) is 0 Å². The Hall–Kier alpha value is -2.69. The van der Waals surface area contributed by atoms with E-state index in [-0.39, 0.29) is 0 Å². The Morgan fingerprint density at radius 3 is 2.59 bits per heavy atom. The zero-order chi connectivity index (χ0) is 19.0. The van der Waals surface area contributed by atoms with Crippen LogP contribution in [0.4, 0.5) is 5.82 Å². The molecule has 0 saturated carbocycles. The van der Waals surface area contributed by atoms with Gasteiger partial charge in [0.1, 0.15) is 33.8 Å². The van der Waals surface area contributed by atoms with Gasteiger partial charge in [-0.3, -0.25) is 0 Å². The first-order valence-corrected chi connectivity index (χ1v) is 9.50. The molecule has 3 fully saturated rings. The number of nitriles is 1. The Morgan fingerprint density at radius 1 is 1.22 bits per heavy atom. The Balaban J connectivity index is 0.000000872. The van der Waals surface area contributed by atoms with Crippen LogP contribution in [-0.2, 0) is 0 Å². The van der Waals surface area contributed by atoms with Gasteiger partial charge < -0.3 is 10.2 Å². The highest BCUT2D eigenvalue weighted by molar-refractivity contribution is 6.29. The molecule has 2 unspecified atom stereocenters. The van der Waals surface area contributed by atoms with Gasteiger partial charge in [-0.15, -0.1) is 0 Å². The van der Waals surface area contributed by atoms with Crippen molar-refractivity contribution in [2.75, 3.05) is 18.0 Å². The van der Waals surface area contributed by atoms with Crippen molar-refractivity contribution >= 4 is 22.9 Å². The molecule has 8 heteroatoms. The van der Waals surface area contributed by atoms with E-state index >= 15 is 0 Å². The van der Waals surface area contributed by atoms with Crippen LogP contribution in [0.25, 0.3) is 16.8 Å². The van der Waals surface area contributed by atoms with Crippen LogP contribution in [0, 0.1) is 11.3 Å². The van der Waals surface area contributed by atoms with E-state index in [1.807, 2.05) is 26.0 Å². The molecule has 2 atom stereocenters. The zero-order valence-electron chi connectivity index (χ0n) is 15.2. The first kappa shape index (κ1) is 17.7. The predicted molar refractivity (Wildman–Crippen MR) is 105 cm³/mol. The maximum absolute atomic E-state index is 9.32. The molecule has 3 saturated heterocycles. The molecular formula is C19H20ClN7. The fraction of sp³-hybridized carbons (Fsp3) is 0.368. The summed E-state index contributed by atoms with van der Waals surface area (Å²) in [4.78, 5) is 11.3. The lowest BCUT2D eigenvalue weighted by Gasteiger charge is -2.48. The minimum absolute atomic E-state index is 0.321. The largest absolute Gasteiger partial charge is 0.353 e. The molecule has 27 heavy (non-hydrogen) atoms. The number of nitrogens with zero attached hydrogens (tertiary/aromatic N) is 6. The van der Waals surface area contributed by atoms with Crippen molar-refractivity contribution in [1.29, 1.82) is 5.26 Å². The number of pyridine rings is 1. The Kier molecular flexibility index (Phi) is 4.68. The first-order chi connectivity index (χ1) is 13.2. The van der Waals surface area contributed by atoms with Crippen LogP contribution in [0.15, 0.2) is 30.7 Å². The molecule has 6 rings (SSSR count). The summed E-state index contributed by atoms with van der Waals surface area (Å²) in [5.74, 6) is 0.965. The van der Waals surface area contributed by atoms with Crippen LogP contribution in [0.5, 0.6) is 0 Å². The summed E-state index contributed by atoms with van der Waals surface area (Å²) in [6, 6.07) is 7.29. The number of nitrogens with one attached hydrogen (secondary N) is 1. The number of anilines is 1. The molecule has 138 valence electrons. The fourth-order valence-corrected chi connectivity index (χ4v) is 3.86. The summed E-state index contributed by atoms with van der Waals surface area (Å²) in [6.07, 6.45) is 6.16. The molecule has 3 aliphatic rings. The van der Waals surface area contributed by atoms with Crippen molar-refractivity contribution in [2.24, 2.45) is 0 Å². The lowest BCUT2D eigenvalue weighted by atomic mass is 9.91. The monoisotopic (exact) mass is 381 g/mol. The third kappa shape index (κ3) is 3.11. The smallest absolute Gasteiger partial charge is 0.148 e. The highest BCUT2D eigenvalue weighted by Gasteiger charge is 2.36. The number of piperidine rings is 1. The van der Waals surface area contributed by atoms with Gasteiger partial charge in [0.2, 0.25) is 0 Å². The van der Waals surface area contributed by atoms with Crippen LogP contribution >= 0.6 is 11.6 Å². The van der Waals surface area contributed by atoms with Crippen LogP contribution in [-0.4, -0.2) is 44.8 Å². The standard InChI is InChI=1S/C17H14ClN7.C2H6/c18-14-9-25-17(11(4-19)6-21-25)16(23-14)10-1-2-15(20-5-10)24-7-12-3-13(8-24)22-12;1-2/h1-2,5-6,9,12-13,22H,3,7-8H2;1-2H3. The summed E-state index contributed by atoms with van der Waals surface area (Å²) in [5, 5.41) is 17.3. The maximum Gasteiger partial charge on any atom is 0.148 e. The number of rotatable bonds is 2. The third-order valence-corrected chi connectivity index (χ3v) is 5.04. The number of hydrogen-bond acceptors (Lipinski definition) is 6. The van der Waals surface area contributed by atoms with Gasteiger partial charge in [-0.1, -0.05) is 25.4 Å². The Labute approximate surface area is 162 Å². The van der Waals surface area contributed by atoms with E-state index in [0.717, 1.165) is 24.5 Å². The van der Waals surface area contributed by atoms with Crippen molar-refractivity contribution in [1.82, 2.24) is 24.9 Å². The van der Waals surface area contributed by atoms with E-state index in [0.29, 0.717) is 34.0 Å². The third-order valence-electron chi connectivity index (χ3n) is 4.85. The molecule has 3 aromatic heterocycles. The number of aromatic nitrogens is 4. The minimum Gasteiger partial charge on any atom is -0.353 e. The highest BCUT2D eigenvalue weighted by Crippen LogP contribution is 2.29. The van der Waals surface area contributed by atoms with Crippen LogP contribution in [0.2, 0.25) is 5.15 Å². The predicted octanol–water partition coefficient (Wildman–Crippen LogP) is 2.89. The van der Waals surface area contributed by atoms with Crippen molar-refractivity contribution < 1.29 is 0 Å². The SMILES string of the molecule is CC.N#Cc1cnn2cc(Cl)nc(-c3ccc(N4CC5CC(C4)N5)nc3)c12. The van der Waals surface area contributed by atoms with Gasteiger partial charge in [-0.25, -0.2) is 14.5 Å². The summed E-state index contributed by atoms with van der Waals surface area (Å²) < 4.78 is 1.58. The molecule has 0 aromatic carbocycles. The van der Waals surface area contributed by atoms with Gasteiger partial charge in [-0.2, -0.15) is 10.4 Å². The molecule has 0 spiro atoms. The quantitative estimate of drug-likeness (QED) is 0.735. The van der Waals surface area contributed by atoms with E-state index in [2.05, 4.69) is 31.4 Å². The number of fused-ring (bicyclic) bond motifs is 3. The van der Waals surface area contributed by atoms with E-state index in [4.69, 9.17) is 11.6 Å². The number of piperazine rings is 1.